The molecule has 22 heavy (non-hydrogen) atoms. The van der Waals surface area contributed by atoms with Crippen LogP contribution in [0.1, 0.15) is 10.4 Å². The van der Waals surface area contributed by atoms with Crippen LogP contribution in [0.4, 0.5) is 0 Å². The van der Waals surface area contributed by atoms with Crippen LogP contribution in [0.2, 0.25) is 0 Å². The summed E-state index contributed by atoms with van der Waals surface area (Å²) in [4.78, 5) is 10.9. The smallest absolute Gasteiger partial charge is 0.335 e. The average Bonchev–Trinajstić information content (AvgIpc) is 2.56. The van der Waals surface area contributed by atoms with Gasteiger partial charge in [0.2, 0.25) is 0 Å². The summed E-state index contributed by atoms with van der Waals surface area (Å²) in [6.07, 6.45) is 0. The lowest BCUT2D eigenvalue weighted by Crippen LogP contribution is -1.95. The van der Waals surface area contributed by atoms with E-state index >= 15 is 0 Å². The van der Waals surface area contributed by atoms with Crippen molar-refractivity contribution in [3.8, 4) is 28.0 Å². The second-order valence-corrected chi connectivity index (χ2v) is 4.95. The molecule has 0 unspecified atom stereocenters. The van der Waals surface area contributed by atoms with Crippen molar-refractivity contribution < 1.29 is 15.0 Å². The highest BCUT2D eigenvalue weighted by Gasteiger charge is 2.11. The van der Waals surface area contributed by atoms with E-state index in [1.54, 1.807) is 12.1 Å². The van der Waals surface area contributed by atoms with Crippen molar-refractivity contribution in [2.24, 2.45) is 0 Å². The zero-order valence-electron chi connectivity index (χ0n) is 11.7. The number of hydrogen-bond donors (Lipinski definition) is 2. The number of para-hydroxylation sites is 1. The summed E-state index contributed by atoms with van der Waals surface area (Å²) in [6, 6.07) is 21.7. The standard InChI is InChI=1S/C19H14O3/c20-18-16(13-5-2-1-3-6-13)7-4-8-17(18)14-9-11-15(12-10-14)19(21)22/h1-12,20H,(H,21,22). The fourth-order valence-corrected chi connectivity index (χ4v) is 2.42. The molecule has 0 fully saturated rings. The number of aromatic hydroxyl groups is 1. The van der Waals surface area contributed by atoms with Crippen LogP contribution in [0.25, 0.3) is 22.3 Å². The molecule has 0 atom stereocenters. The third-order valence-electron chi connectivity index (χ3n) is 3.56. The number of carboxylic acids is 1. The molecular weight excluding hydrogens is 276 g/mol. The fourth-order valence-electron chi connectivity index (χ4n) is 2.42. The maximum Gasteiger partial charge on any atom is 0.335 e. The Morgan fingerprint density at radius 2 is 1.23 bits per heavy atom. The van der Waals surface area contributed by atoms with Crippen LogP contribution in [-0.2, 0) is 0 Å². The highest BCUT2D eigenvalue weighted by Crippen LogP contribution is 2.37. The van der Waals surface area contributed by atoms with Gasteiger partial charge in [0, 0.05) is 11.1 Å². The van der Waals surface area contributed by atoms with Gasteiger partial charge in [-0.25, -0.2) is 4.79 Å². The molecule has 3 aromatic carbocycles. The molecule has 2 N–H and O–H groups in total. The molecule has 0 bridgehead atoms. The first-order valence-corrected chi connectivity index (χ1v) is 6.88. The molecule has 0 aliphatic carbocycles. The van der Waals surface area contributed by atoms with E-state index in [2.05, 4.69) is 0 Å². The van der Waals surface area contributed by atoms with Crippen LogP contribution in [0.5, 0.6) is 5.75 Å². The van der Waals surface area contributed by atoms with Crippen molar-refractivity contribution in [2.45, 2.75) is 0 Å². The molecule has 108 valence electrons. The lowest BCUT2D eigenvalue weighted by atomic mass is 9.97. The topological polar surface area (TPSA) is 57.5 Å². The van der Waals surface area contributed by atoms with E-state index in [9.17, 15) is 9.90 Å². The molecule has 0 radical (unpaired) electrons. The number of rotatable bonds is 3. The van der Waals surface area contributed by atoms with Crippen molar-refractivity contribution in [1.29, 1.82) is 0 Å². The van der Waals surface area contributed by atoms with Gasteiger partial charge in [-0.1, -0.05) is 60.7 Å². The van der Waals surface area contributed by atoms with Gasteiger partial charge in [-0.3, -0.25) is 0 Å². The second kappa shape index (κ2) is 5.74. The van der Waals surface area contributed by atoms with Gasteiger partial charge in [-0.2, -0.15) is 0 Å². The maximum absolute atomic E-state index is 10.9. The first-order valence-electron chi connectivity index (χ1n) is 6.88. The molecule has 3 nitrogen and oxygen atoms in total. The molecule has 3 heteroatoms. The maximum atomic E-state index is 10.9. The number of benzene rings is 3. The summed E-state index contributed by atoms with van der Waals surface area (Å²) in [7, 11) is 0. The first-order chi connectivity index (χ1) is 10.7. The van der Waals surface area contributed by atoms with Gasteiger partial charge >= 0.3 is 5.97 Å². The first kappa shape index (κ1) is 13.9. The minimum Gasteiger partial charge on any atom is -0.507 e. The predicted molar refractivity (Wildman–Crippen MR) is 85.9 cm³/mol. The molecule has 0 aromatic heterocycles. The molecule has 0 saturated carbocycles. The zero-order chi connectivity index (χ0) is 15.5. The molecule has 3 rings (SSSR count). The quantitative estimate of drug-likeness (QED) is 0.750. The summed E-state index contributed by atoms with van der Waals surface area (Å²) in [6.45, 7) is 0. The van der Waals surface area contributed by atoms with Crippen LogP contribution in [0, 0.1) is 0 Å². The van der Waals surface area contributed by atoms with Crippen molar-refractivity contribution >= 4 is 5.97 Å². The van der Waals surface area contributed by atoms with Gasteiger partial charge in [-0.05, 0) is 23.3 Å². The Bertz CT molecular complexity index is 806. The average molecular weight is 290 g/mol. The molecule has 0 aliphatic heterocycles. The Balaban J connectivity index is 2.07. The largest absolute Gasteiger partial charge is 0.507 e. The molecule has 0 saturated heterocycles. The molecule has 3 aromatic rings. The summed E-state index contributed by atoms with van der Waals surface area (Å²) in [5.74, 6) is -0.773. The van der Waals surface area contributed by atoms with Crippen LogP contribution in [0.3, 0.4) is 0 Å². The van der Waals surface area contributed by atoms with Crippen LogP contribution in [0.15, 0.2) is 72.8 Å². The zero-order valence-corrected chi connectivity index (χ0v) is 11.7. The highest BCUT2D eigenvalue weighted by molar-refractivity contribution is 5.89. The van der Waals surface area contributed by atoms with E-state index in [1.165, 1.54) is 12.1 Å². The van der Waals surface area contributed by atoms with Crippen molar-refractivity contribution in [1.82, 2.24) is 0 Å². The van der Waals surface area contributed by atoms with Crippen molar-refractivity contribution in [2.75, 3.05) is 0 Å². The summed E-state index contributed by atoms with van der Waals surface area (Å²) >= 11 is 0. The van der Waals surface area contributed by atoms with E-state index < -0.39 is 5.97 Å². The van der Waals surface area contributed by atoms with Gasteiger partial charge in [0.25, 0.3) is 0 Å². The van der Waals surface area contributed by atoms with Gasteiger partial charge in [0.15, 0.2) is 0 Å². The lowest BCUT2D eigenvalue weighted by Gasteiger charge is -2.10. The van der Waals surface area contributed by atoms with E-state index in [4.69, 9.17) is 5.11 Å². The van der Waals surface area contributed by atoms with Gasteiger partial charge in [0.1, 0.15) is 5.75 Å². The third kappa shape index (κ3) is 2.56. The van der Waals surface area contributed by atoms with Gasteiger partial charge in [-0.15, -0.1) is 0 Å². The summed E-state index contributed by atoms with van der Waals surface area (Å²) in [5.41, 5.74) is 3.37. The predicted octanol–water partition coefficient (Wildman–Crippen LogP) is 4.42. The number of carboxylic acid groups (broad SMARTS) is 1. The fraction of sp³-hybridized carbons (Fsp3) is 0. The van der Waals surface area contributed by atoms with E-state index in [0.717, 1.165) is 16.7 Å². The van der Waals surface area contributed by atoms with Crippen LogP contribution < -0.4 is 0 Å². The van der Waals surface area contributed by atoms with Gasteiger partial charge in [0.05, 0.1) is 5.56 Å². The Labute approximate surface area is 128 Å². The second-order valence-electron chi connectivity index (χ2n) is 4.95. The normalized spacial score (nSPS) is 10.4. The van der Waals surface area contributed by atoms with E-state index in [-0.39, 0.29) is 11.3 Å². The number of carbonyl (C=O) groups is 1. The summed E-state index contributed by atoms with van der Waals surface area (Å²) < 4.78 is 0. The van der Waals surface area contributed by atoms with E-state index in [1.807, 2.05) is 48.5 Å². The van der Waals surface area contributed by atoms with Crippen molar-refractivity contribution in [3.05, 3.63) is 78.4 Å². The molecule has 0 amide bonds. The Kier molecular flexibility index (Phi) is 3.62. The highest BCUT2D eigenvalue weighted by atomic mass is 16.4. The third-order valence-corrected chi connectivity index (χ3v) is 3.56. The number of phenols is 1. The molecule has 0 spiro atoms. The lowest BCUT2D eigenvalue weighted by molar-refractivity contribution is 0.0697. The number of aromatic carboxylic acids is 1. The van der Waals surface area contributed by atoms with Crippen LogP contribution in [-0.4, -0.2) is 16.2 Å². The Morgan fingerprint density at radius 3 is 1.77 bits per heavy atom. The molecule has 0 aliphatic rings. The Morgan fingerprint density at radius 1 is 0.682 bits per heavy atom. The minimum absolute atomic E-state index is 0.191. The minimum atomic E-state index is -0.964. The number of phenolic OH excluding ortho intramolecular Hbond substituents is 1. The number of hydrogen-bond acceptors (Lipinski definition) is 2. The van der Waals surface area contributed by atoms with Crippen LogP contribution >= 0.6 is 0 Å². The SMILES string of the molecule is O=C(O)c1ccc(-c2cccc(-c3ccccc3)c2O)cc1. The Hall–Kier alpha value is -3.07. The van der Waals surface area contributed by atoms with E-state index in [0.29, 0.717) is 5.56 Å². The monoisotopic (exact) mass is 290 g/mol. The molecule has 0 heterocycles. The summed E-state index contributed by atoms with van der Waals surface area (Å²) in [5, 5.41) is 19.5. The van der Waals surface area contributed by atoms with Crippen molar-refractivity contribution in [3.63, 3.8) is 0 Å². The van der Waals surface area contributed by atoms with Gasteiger partial charge < -0.3 is 10.2 Å². The molecular formula is C19H14O3.